The molecule has 0 unspecified atom stereocenters. The molecule has 0 aromatic carbocycles. The van der Waals surface area contributed by atoms with Crippen molar-refractivity contribution in [3.05, 3.63) is 49.1 Å². The molecule has 0 bridgehead atoms. The molecule has 0 saturated carbocycles. The van der Waals surface area contributed by atoms with E-state index in [-0.39, 0.29) is 5.41 Å². The first-order chi connectivity index (χ1) is 7.97. The summed E-state index contributed by atoms with van der Waals surface area (Å²) in [5.41, 5.74) is 1.36. The van der Waals surface area contributed by atoms with E-state index in [0.717, 1.165) is 12.8 Å². The summed E-state index contributed by atoms with van der Waals surface area (Å²) in [6.45, 7) is 15.7. The zero-order valence-corrected chi connectivity index (χ0v) is 11.8. The number of rotatable bonds is 6. The maximum atomic E-state index is 4.60. The largest absolute Gasteiger partial charge is 0.120 e. The van der Waals surface area contributed by atoms with Crippen molar-refractivity contribution in [2.45, 2.75) is 40.5 Å². The van der Waals surface area contributed by atoms with Crippen LogP contribution >= 0.6 is 0 Å². The van der Waals surface area contributed by atoms with E-state index in [1.54, 1.807) is 6.92 Å². The van der Waals surface area contributed by atoms with Crippen molar-refractivity contribution < 1.29 is 0 Å². The first-order valence-corrected chi connectivity index (χ1v) is 5.97. The Hall–Kier alpha value is -1.48. The zero-order chi connectivity index (χ0) is 13.7. The minimum absolute atomic E-state index is 0.114. The zero-order valence-electron chi connectivity index (χ0n) is 11.8. The highest BCUT2D eigenvalue weighted by molar-refractivity contribution is 5.24. The van der Waals surface area contributed by atoms with Crippen molar-refractivity contribution >= 4 is 0 Å². The Bertz CT molecular complexity index is 305. The van der Waals surface area contributed by atoms with Gasteiger partial charge in [0.1, 0.15) is 0 Å². The topological polar surface area (TPSA) is 0 Å². The molecule has 17 heavy (non-hydrogen) atoms. The maximum Gasteiger partial charge on any atom is 0.00103 e. The summed E-state index contributed by atoms with van der Waals surface area (Å²) in [5.74, 6) is 2.25. The van der Waals surface area contributed by atoms with Crippen molar-refractivity contribution in [3.63, 3.8) is 0 Å². The number of allylic oxidation sites excluding steroid dienone is 6. The Morgan fingerprint density at radius 1 is 1.35 bits per heavy atom. The summed E-state index contributed by atoms with van der Waals surface area (Å²) in [7, 11) is 0. The molecule has 0 N–H and O–H groups in total. The molecule has 0 heteroatoms. The van der Waals surface area contributed by atoms with E-state index in [0.29, 0.717) is 0 Å². The molecular weight excluding hydrogens is 204 g/mol. The summed E-state index contributed by atoms with van der Waals surface area (Å²) < 4.78 is 0. The molecule has 94 valence electrons. The molecule has 0 fully saturated rings. The van der Waals surface area contributed by atoms with Crippen LogP contribution in [-0.4, -0.2) is 0 Å². The van der Waals surface area contributed by atoms with E-state index in [2.05, 4.69) is 64.5 Å². The van der Waals surface area contributed by atoms with Crippen molar-refractivity contribution in [3.8, 4) is 12.3 Å². The third-order valence-corrected chi connectivity index (χ3v) is 1.98. The summed E-state index contributed by atoms with van der Waals surface area (Å²) in [6, 6.07) is 0. The minimum Gasteiger partial charge on any atom is -0.120 e. The van der Waals surface area contributed by atoms with Gasteiger partial charge in [-0.1, -0.05) is 57.7 Å². The van der Waals surface area contributed by atoms with Gasteiger partial charge >= 0.3 is 0 Å². The second-order valence-corrected chi connectivity index (χ2v) is 4.34. The Morgan fingerprint density at radius 3 is 2.24 bits per heavy atom. The normalized spacial score (nSPS) is 11.4. The molecule has 0 nitrogen and oxygen atoms in total. The maximum absolute atomic E-state index is 4.60. The first-order valence-electron chi connectivity index (χ1n) is 5.97. The Morgan fingerprint density at radius 2 is 1.88 bits per heavy atom. The molecule has 0 spiro atoms. The van der Waals surface area contributed by atoms with Gasteiger partial charge in [-0.2, -0.15) is 0 Å². The van der Waals surface area contributed by atoms with Crippen LogP contribution in [0.25, 0.3) is 0 Å². The highest BCUT2D eigenvalue weighted by atomic mass is 14.1. The third-order valence-electron chi connectivity index (χ3n) is 1.98. The minimum atomic E-state index is 0.114. The molecule has 0 radical (unpaired) electrons. The van der Waals surface area contributed by atoms with Gasteiger partial charge in [0.2, 0.25) is 0 Å². The van der Waals surface area contributed by atoms with Gasteiger partial charge < -0.3 is 0 Å². The van der Waals surface area contributed by atoms with Crippen LogP contribution in [0.15, 0.2) is 49.1 Å². The van der Waals surface area contributed by atoms with Crippen LogP contribution in [0.5, 0.6) is 0 Å². The van der Waals surface area contributed by atoms with Gasteiger partial charge in [0.15, 0.2) is 0 Å². The van der Waals surface area contributed by atoms with E-state index in [4.69, 9.17) is 0 Å². The summed E-state index contributed by atoms with van der Waals surface area (Å²) in [6.07, 6.45) is 17.1. The Labute approximate surface area is 108 Å². The SMILES string of the molecule is C#CC.C=CC/C(C=C)=C\C(C)(C)/C=C\CC. The molecule has 0 aliphatic carbocycles. The van der Waals surface area contributed by atoms with Crippen molar-refractivity contribution in [1.82, 2.24) is 0 Å². The number of hydrogen-bond acceptors (Lipinski definition) is 0. The van der Waals surface area contributed by atoms with Crippen molar-refractivity contribution in [2.24, 2.45) is 5.41 Å². The fourth-order valence-corrected chi connectivity index (χ4v) is 1.32. The van der Waals surface area contributed by atoms with Gasteiger partial charge in [-0.15, -0.1) is 18.9 Å². The second kappa shape index (κ2) is 11.0. The van der Waals surface area contributed by atoms with Crippen LogP contribution < -0.4 is 0 Å². The van der Waals surface area contributed by atoms with Gasteiger partial charge in [-0.25, -0.2) is 0 Å². The first kappa shape index (κ1) is 17.9. The van der Waals surface area contributed by atoms with Crippen LogP contribution in [0, 0.1) is 17.8 Å². The van der Waals surface area contributed by atoms with Crippen LogP contribution in [0.3, 0.4) is 0 Å². The highest BCUT2D eigenvalue weighted by Gasteiger charge is 2.09. The molecule has 0 aromatic heterocycles. The Kier molecular flexibility index (Phi) is 11.6. The van der Waals surface area contributed by atoms with Crippen LogP contribution in [0.1, 0.15) is 40.5 Å². The lowest BCUT2D eigenvalue weighted by atomic mass is 9.89. The lowest BCUT2D eigenvalue weighted by Gasteiger charge is -2.16. The quantitative estimate of drug-likeness (QED) is 0.330. The van der Waals surface area contributed by atoms with E-state index < -0.39 is 0 Å². The summed E-state index contributed by atoms with van der Waals surface area (Å²) in [5, 5.41) is 0. The van der Waals surface area contributed by atoms with Gasteiger partial charge in [-0.3, -0.25) is 0 Å². The van der Waals surface area contributed by atoms with Crippen LogP contribution in [-0.2, 0) is 0 Å². The molecule has 0 rings (SSSR count). The van der Waals surface area contributed by atoms with E-state index in [1.807, 2.05) is 12.2 Å². The van der Waals surface area contributed by atoms with Crippen molar-refractivity contribution in [2.75, 3.05) is 0 Å². The average Bonchev–Trinajstić information content (AvgIpc) is 2.27. The van der Waals surface area contributed by atoms with E-state index in [9.17, 15) is 0 Å². The molecule has 0 aromatic rings. The molecule has 0 saturated heterocycles. The van der Waals surface area contributed by atoms with Gasteiger partial charge in [0, 0.05) is 5.41 Å². The third kappa shape index (κ3) is 12.5. The number of terminal acetylenes is 1. The molecular formula is C17H26. The van der Waals surface area contributed by atoms with Gasteiger partial charge in [-0.05, 0) is 25.3 Å². The van der Waals surface area contributed by atoms with Gasteiger partial charge in [0.25, 0.3) is 0 Å². The summed E-state index contributed by atoms with van der Waals surface area (Å²) >= 11 is 0. The fourth-order valence-electron chi connectivity index (χ4n) is 1.32. The van der Waals surface area contributed by atoms with Crippen LogP contribution in [0.2, 0.25) is 0 Å². The smallest absolute Gasteiger partial charge is 0.00103 e. The standard InChI is InChI=1S/C14H22.C3H4/c1-6-9-11-14(4,5)12-13(8-3)10-7-2;1-3-2/h7-9,11-12H,2-3,6,10H2,1,4-5H3;1H,2H3/b11-9-,13-12-;. The molecule has 0 aliphatic rings. The molecule has 0 aliphatic heterocycles. The van der Waals surface area contributed by atoms with E-state index >= 15 is 0 Å². The molecule has 0 amide bonds. The van der Waals surface area contributed by atoms with Gasteiger partial charge in [0.05, 0.1) is 0 Å². The lowest BCUT2D eigenvalue weighted by Crippen LogP contribution is -2.03. The second-order valence-electron chi connectivity index (χ2n) is 4.34. The predicted octanol–water partition coefficient (Wildman–Crippen LogP) is 5.31. The summed E-state index contributed by atoms with van der Waals surface area (Å²) in [4.78, 5) is 0. The molecule has 0 heterocycles. The monoisotopic (exact) mass is 230 g/mol. The van der Waals surface area contributed by atoms with Crippen LogP contribution in [0.4, 0.5) is 0 Å². The number of hydrogen-bond donors (Lipinski definition) is 0. The highest BCUT2D eigenvalue weighted by Crippen LogP contribution is 2.23. The Balaban J connectivity index is 0. The average molecular weight is 230 g/mol. The lowest BCUT2D eigenvalue weighted by molar-refractivity contribution is 0.618. The van der Waals surface area contributed by atoms with E-state index in [1.165, 1.54) is 5.57 Å². The molecule has 0 atom stereocenters. The fraction of sp³-hybridized carbons (Fsp3) is 0.412. The van der Waals surface area contributed by atoms with Crippen molar-refractivity contribution in [1.29, 1.82) is 0 Å². The predicted molar refractivity (Wildman–Crippen MR) is 80.8 cm³/mol.